The molecule has 3 amide bonds. The summed E-state index contributed by atoms with van der Waals surface area (Å²) >= 11 is 0. The molecular weight excluding hydrogens is 568 g/mol. The highest BCUT2D eigenvalue weighted by Crippen LogP contribution is 2.29. The van der Waals surface area contributed by atoms with Crippen molar-refractivity contribution < 1.29 is 24.2 Å². The molecule has 1 fully saturated rings. The first-order chi connectivity index (χ1) is 21.7. The van der Waals surface area contributed by atoms with E-state index in [2.05, 4.69) is 53.8 Å². The topological polar surface area (TPSA) is 103 Å². The van der Waals surface area contributed by atoms with Gasteiger partial charge in [-0.05, 0) is 76.8 Å². The Morgan fingerprint density at radius 1 is 1.04 bits per heavy atom. The first kappa shape index (κ1) is 34.7. The highest BCUT2D eigenvalue weighted by Gasteiger charge is 2.30. The molecule has 0 unspecified atom stereocenters. The SMILES string of the molecule is C[C@@H]1CCCCO[C@H](CN(C)Cc2ccccc2)[C@H](C)CN([C@H](C)CO)C(=O)c2cc(NC(=O)NC3CCCCC3)ccc2O1. The van der Waals surface area contributed by atoms with Gasteiger partial charge in [0.2, 0.25) is 0 Å². The number of aliphatic hydroxyl groups is 1. The van der Waals surface area contributed by atoms with Gasteiger partial charge in [0.1, 0.15) is 5.75 Å². The number of carbonyl (C=O) groups is 2. The summed E-state index contributed by atoms with van der Waals surface area (Å²) in [5.74, 6) is 0.242. The molecule has 2 aromatic rings. The third kappa shape index (κ3) is 10.7. The number of aliphatic hydroxyl groups excluding tert-OH is 1. The van der Waals surface area contributed by atoms with E-state index < -0.39 is 6.04 Å². The number of likely N-dealkylation sites (N-methyl/N-ethyl adjacent to an activating group) is 1. The van der Waals surface area contributed by atoms with Crippen molar-refractivity contribution >= 4 is 17.6 Å². The van der Waals surface area contributed by atoms with Gasteiger partial charge in [0.25, 0.3) is 5.91 Å². The fourth-order valence-electron chi connectivity index (χ4n) is 6.33. The van der Waals surface area contributed by atoms with Crippen molar-refractivity contribution in [3.63, 3.8) is 0 Å². The van der Waals surface area contributed by atoms with Crippen LogP contribution >= 0.6 is 0 Å². The zero-order valence-electron chi connectivity index (χ0n) is 27.7. The number of fused-ring (bicyclic) bond motifs is 1. The van der Waals surface area contributed by atoms with E-state index in [9.17, 15) is 14.7 Å². The van der Waals surface area contributed by atoms with Crippen molar-refractivity contribution in [1.82, 2.24) is 15.1 Å². The summed E-state index contributed by atoms with van der Waals surface area (Å²) in [6, 6.07) is 15.1. The number of hydrogen-bond donors (Lipinski definition) is 3. The van der Waals surface area contributed by atoms with Gasteiger partial charge in [-0.1, -0.05) is 56.5 Å². The Hall–Kier alpha value is -3.14. The van der Waals surface area contributed by atoms with Gasteiger partial charge >= 0.3 is 6.03 Å². The van der Waals surface area contributed by atoms with Crippen molar-refractivity contribution in [3.8, 4) is 5.75 Å². The predicted octanol–water partition coefficient (Wildman–Crippen LogP) is 6.07. The van der Waals surface area contributed by atoms with Crippen LogP contribution in [0.2, 0.25) is 0 Å². The van der Waals surface area contributed by atoms with Crippen LogP contribution in [-0.2, 0) is 11.3 Å². The molecule has 2 aliphatic rings. The van der Waals surface area contributed by atoms with Crippen LogP contribution in [0.4, 0.5) is 10.5 Å². The molecule has 1 heterocycles. The molecule has 248 valence electrons. The van der Waals surface area contributed by atoms with Gasteiger partial charge in [-0.15, -0.1) is 0 Å². The molecule has 0 radical (unpaired) electrons. The first-order valence-electron chi connectivity index (χ1n) is 16.9. The van der Waals surface area contributed by atoms with Crippen LogP contribution in [0, 0.1) is 5.92 Å². The van der Waals surface area contributed by atoms with Gasteiger partial charge in [0.05, 0.1) is 30.4 Å². The van der Waals surface area contributed by atoms with E-state index in [1.807, 2.05) is 19.9 Å². The molecule has 0 aromatic heterocycles. The van der Waals surface area contributed by atoms with Crippen molar-refractivity contribution in [1.29, 1.82) is 0 Å². The Morgan fingerprint density at radius 3 is 2.51 bits per heavy atom. The average molecular weight is 623 g/mol. The summed E-state index contributed by atoms with van der Waals surface area (Å²) in [6.45, 7) is 8.37. The van der Waals surface area contributed by atoms with Crippen LogP contribution in [0.25, 0.3) is 0 Å². The van der Waals surface area contributed by atoms with Gasteiger partial charge in [0.15, 0.2) is 0 Å². The van der Waals surface area contributed by atoms with Gasteiger partial charge in [0, 0.05) is 43.9 Å². The number of hydrogen-bond acceptors (Lipinski definition) is 6. The molecule has 9 heteroatoms. The van der Waals surface area contributed by atoms with Crippen LogP contribution in [-0.4, -0.2) is 84.5 Å². The summed E-state index contributed by atoms with van der Waals surface area (Å²) in [5.41, 5.74) is 2.14. The second-order valence-corrected chi connectivity index (χ2v) is 13.1. The molecule has 9 nitrogen and oxygen atoms in total. The standard InChI is InChI=1S/C36H54N4O5/c1-26-22-40(27(2)25-41)35(42)32-21-31(38-36(43)37-30-16-9-6-10-17-30)18-19-33(32)45-28(3)13-11-12-20-44-34(26)24-39(4)23-29-14-7-5-8-15-29/h5,7-8,14-15,18-19,21,26-28,30,34,41H,6,9-13,16-17,20,22-25H2,1-4H3,(H2,37,38,43)/t26-,27-,28-,34-/m1/s1. The number of nitrogens with zero attached hydrogens (tertiary/aromatic N) is 2. The Bertz CT molecular complexity index is 1210. The summed E-state index contributed by atoms with van der Waals surface area (Å²) < 4.78 is 12.8. The van der Waals surface area contributed by atoms with E-state index in [1.54, 1.807) is 23.1 Å². The minimum absolute atomic E-state index is 0.00464. The van der Waals surface area contributed by atoms with E-state index in [-0.39, 0.29) is 42.7 Å². The van der Waals surface area contributed by atoms with Crippen LogP contribution < -0.4 is 15.4 Å². The highest BCUT2D eigenvalue weighted by atomic mass is 16.5. The van der Waals surface area contributed by atoms with Crippen LogP contribution in [0.5, 0.6) is 5.75 Å². The number of ether oxygens (including phenoxy) is 2. The predicted molar refractivity (Wildman–Crippen MR) is 179 cm³/mol. The van der Waals surface area contributed by atoms with Crippen LogP contribution in [0.1, 0.15) is 88.1 Å². The van der Waals surface area contributed by atoms with Gasteiger partial charge in [-0.3, -0.25) is 9.69 Å². The van der Waals surface area contributed by atoms with E-state index in [1.165, 1.54) is 12.0 Å². The van der Waals surface area contributed by atoms with Crippen molar-refractivity contribution in [2.75, 3.05) is 38.7 Å². The number of amides is 3. The maximum atomic E-state index is 14.3. The van der Waals surface area contributed by atoms with E-state index >= 15 is 0 Å². The molecule has 1 aliphatic heterocycles. The molecule has 0 bridgehead atoms. The monoisotopic (exact) mass is 622 g/mol. The number of rotatable bonds is 8. The summed E-state index contributed by atoms with van der Waals surface area (Å²) in [5, 5.41) is 16.3. The zero-order chi connectivity index (χ0) is 32.2. The van der Waals surface area contributed by atoms with Crippen LogP contribution in [0.15, 0.2) is 48.5 Å². The normalized spacial score (nSPS) is 23.0. The lowest BCUT2D eigenvalue weighted by atomic mass is 9.96. The molecule has 0 saturated heterocycles. The summed E-state index contributed by atoms with van der Waals surface area (Å²) in [7, 11) is 2.10. The van der Waals surface area contributed by atoms with E-state index in [0.717, 1.165) is 51.5 Å². The number of nitrogens with one attached hydrogen (secondary N) is 2. The van der Waals surface area contributed by atoms with Gasteiger partial charge < -0.3 is 30.1 Å². The molecule has 1 saturated carbocycles. The van der Waals surface area contributed by atoms with Crippen molar-refractivity contribution in [2.24, 2.45) is 5.92 Å². The molecule has 4 rings (SSSR count). The second-order valence-electron chi connectivity index (χ2n) is 13.1. The Kier molecular flexibility index (Phi) is 13.5. The maximum Gasteiger partial charge on any atom is 0.319 e. The largest absolute Gasteiger partial charge is 0.490 e. The zero-order valence-corrected chi connectivity index (χ0v) is 27.7. The average Bonchev–Trinajstić information content (AvgIpc) is 3.03. The number of urea groups is 1. The molecule has 1 aliphatic carbocycles. The summed E-state index contributed by atoms with van der Waals surface area (Å²) in [4.78, 5) is 31.2. The molecule has 2 aromatic carbocycles. The quantitative estimate of drug-likeness (QED) is 0.330. The van der Waals surface area contributed by atoms with E-state index in [0.29, 0.717) is 36.7 Å². The number of anilines is 1. The Labute approximate surface area is 269 Å². The van der Waals surface area contributed by atoms with Crippen molar-refractivity contribution in [3.05, 3.63) is 59.7 Å². The minimum Gasteiger partial charge on any atom is -0.490 e. The molecule has 0 spiro atoms. The third-order valence-electron chi connectivity index (χ3n) is 9.04. The maximum absolute atomic E-state index is 14.3. The Balaban J connectivity index is 1.56. The molecule has 3 N–H and O–H groups in total. The third-order valence-corrected chi connectivity index (χ3v) is 9.04. The number of carbonyl (C=O) groups excluding carboxylic acids is 2. The summed E-state index contributed by atoms with van der Waals surface area (Å²) in [6.07, 6.45) is 7.91. The molecule has 45 heavy (non-hydrogen) atoms. The lowest BCUT2D eigenvalue weighted by Gasteiger charge is -2.36. The second kappa shape index (κ2) is 17.5. The van der Waals surface area contributed by atoms with Crippen molar-refractivity contribution in [2.45, 2.75) is 103 Å². The molecular formula is C36H54N4O5. The lowest BCUT2D eigenvalue weighted by molar-refractivity contribution is -0.0177. The first-order valence-corrected chi connectivity index (χ1v) is 16.9. The Morgan fingerprint density at radius 2 is 1.78 bits per heavy atom. The number of benzene rings is 2. The highest BCUT2D eigenvalue weighted by molar-refractivity contribution is 5.99. The lowest BCUT2D eigenvalue weighted by Crippen LogP contribution is -2.47. The molecule has 4 atom stereocenters. The minimum atomic E-state index is -0.424. The smallest absolute Gasteiger partial charge is 0.319 e. The van der Waals surface area contributed by atoms with Gasteiger partial charge in [-0.2, -0.15) is 0 Å². The van der Waals surface area contributed by atoms with E-state index in [4.69, 9.17) is 9.47 Å². The fourth-order valence-corrected chi connectivity index (χ4v) is 6.33. The van der Waals surface area contributed by atoms with Gasteiger partial charge in [-0.25, -0.2) is 4.79 Å². The fraction of sp³-hybridized carbons (Fsp3) is 0.611. The van der Waals surface area contributed by atoms with Crippen LogP contribution in [0.3, 0.4) is 0 Å².